The van der Waals surface area contributed by atoms with E-state index in [0.717, 1.165) is 16.9 Å². The van der Waals surface area contributed by atoms with E-state index in [1.54, 1.807) is 13.1 Å². The maximum absolute atomic E-state index is 12.7. The smallest absolute Gasteiger partial charge is 0.243 e. The minimum Gasteiger partial charge on any atom is -0.492 e. The van der Waals surface area contributed by atoms with E-state index in [0.29, 0.717) is 23.7 Å². The molecule has 0 aromatic heterocycles. The molecular formula is C20H21ClN2O3. The monoisotopic (exact) mass is 372 g/mol. The number of amides is 2. The summed E-state index contributed by atoms with van der Waals surface area (Å²) in [6, 6.07) is 12.9. The second-order valence-corrected chi connectivity index (χ2v) is 7.01. The van der Waals surface area contributed by atoms with E-state index in [2.05, 4.69) is 5.32 Å². The molecule has 1 N–H and O–H groups in total. The Bertz CT molecular complexity index is 820. The number of likely N-dealkylation sites (N-methyl/N-ethyl adjacent to an activating group) is 1. The number of benzene rings is 2. The highest BCUT2D eigenvalue weighted by Crippen LogP contribution is 2.30. The minimum atomic E-state index is -0.321. The quantitative estimate of drug-likeness (QED) is 0.895. The molecule has 0 saturated heterocycles. The molecule has 1 heterocycles. The third kappa shape index (κ3) is 4.35. The summed E-state index contributed by atoms with van der Waals surface area (Å²) in [7, 11) is 1.63. The van der Waals surface area contributed by atoms with Crippen LogP contribution in [0.3, 0.4) is 0 Å². The molecule has 0 bridgehead atoms. The number of rotatable bonds is 4. The Labute approximate surface area is 157 Å². The van der Waals surface area contributed by atoms with Gasteiger partial charge in [-0.15, -0.1) is 0 Å². The molecule has 136 valence electrons. The van der Waals surface area contributed by atoms with Gasteiger partial charge in [0, 0.05) is 17.8 Å². The summed E-state index contributed by atoms with van der Waals surface area (Å²) in [5.74, 6) is 0.0934. The van der Waals surface area contributed by atoms with Crippen molar-refractivity contribution in [2.24, 2.45) is 5.92 Å². The predicted octanol–water partition coefficient (Wildman–Crippen LogP) is 3.30. The lowest BCUT2D eigenvalue weighted by Crippen LogP contribution is -2.42. The second kappa shape index (κ2) is 7.79. The lowest BCUT2D eigenvalue weighted by Gasteiger charge is -2.28. The van der Waals surface area contributed by atoms with Gasteiger partial charge in [-0.3, -0.25) is 9.59 Å². The fourth-order valence-electron chi connectivity index (χ4n) is 2.96. The minimum absolute atomic E-state index is 0.00832. The molecule has 1 atom stereocenters. The number of ether oxygens (including phenoxy) is 1. The Balaban J connectivity index is 1.57. The van der Waals surface area contributed by atoms with Crippen LogP contribution in [0.4, 0.5) is 5.69 Å². The van der Waals surface area contributed by atoms with Gasteiger partial charge in [-0.1, -0.05) is 29.3 Å². The molecule has 0 radical (unpaired) electrons. The van der Waals surface area contributed by atoms with Crippen LogP contribution in [0.2, 0.25) is 5.02 Å². The summed E-state index contributed by atoms with van der Waals surface area (Å²) in [5, 5.41) is 3.42. The van der Waals surface area contributed by atoms with Gasteiger partial charge in [0.2, 0.25) is 11.8 Å². The molecule has 1 aliphatic rings. The number of nitrogens with zero attached hydrogens (tertiary/aromatic N) is 1. The van der Waals surface area contributed by atoms with Gasteiger partial charge in [-0.05, 0) is 49.2 Å². The zero-order chi connectivity index (χ0) is 18.7. The second-order valence-electron chi connectivity index (χ2n) is 6.57. The van der Waals surface area contributed by atoms with E-state index in [1.165, 1.54) is 4.90 Å². The van der Waals surface area contributed by atoms with Gasteiger partial charge in [0.25, 0.3) is 0 Å². The lowest BCUT2D eigenvalue weighted by atomic mass is 9.95. The van der Waals surface area contributed by atoms with Crippen molar-refractivity contribution in [2.75, 3.05) is 25.5 Å². The molecule has 0 unspecified atom stereocenters. The Morgan fingerprint density at radius 2 is 1.96 bits per heavy atom. The maximum Gasteiger partial charge on any atom is 0.243 e. The molecule has 1 aliphatic heterocycles. The van der Waals surface area contributed by atoms with Crippen LogP contribution in [0.1, 0.15) is 11.1 Å². The number of hydrogen-bond donors (Lipinski definition) is 1. The number of aryl methyl sites for hydroxylation is 1. The molecule has 5 nitrogen and oxygen atoms in total. The summed E-state index contributed by atoms with van der Waals surface area (Å²) in [5.41, 5.74) is 2.75. The topological polar surface area (TPSA) is 58.6 Å². The molecule has 2 aromatic carbocycles. The third-order valence-corrected chi connectivity index (χ3v) is 4.61. The van der Waals surface area contributed by atoms with Gasteiger partial charge in [0.05, 0.1) is 12.5 Å². The summed E-state index contributed by atoms with van der Waals surface area (Å²) < 4.78 is 5.67. The molecular weight excluding hydrogens is 352 g/mol. The summed E-state index contributed by atoms with van der Waals surface area (Å²) >= 11 is 6.02. The standard InChI is InChI=1S/C20H21ClN2O3/c1-13-3-6-17(7-4-13)22-19(24)11-23(2)20(25)15-9-14-10-16(21)5-8-18(14)26-12-15/h3-8,10,15H,9,11-12H2,1-2H3,(H,22,24)/t15-/m1/s1. The number of halogens is 1. The van der Waals surface area contributed by atoms with Gasteiger partial charge in [0.15, 0.2) is 0 Å². The fraction of sp³-hybridized carbons (Fsp3) is 0.300. The molecule has 2 amide bonds. The van der Waals surface area contributed by atoms with Gasteiger partial charge >= 0.3 is 0 Å². The van der Waals surface area contributed by atoms with E-state index in [1.807, 2.05) is 43.3 Å². The van der Waals surface area contributed by atoms with Crippen LogP contribution in [0.15, 0.2) is 42.5 Å². The first-order chi connectivity index (χ1) is 12.4. The SMILES string of the molecule is Cc1ccc(NC(=O)CN(C)C(=O)[C@H]2COc3ccc(Cl)cc3C2)cc1. The van der Waals surface area contributed by atoms with E-state index < -0.39 is 0 Å². The molecule has 3 rings (SSSR count). The van der Waals surface area contributed by atoms with Crippen LogP contribution < -0.4 is 10.1 Å². The molecule has 0 aliphatic carbocycles. The van der Waals surface area contributed by atoms with Crippen molar-refractivity contribution in [3.05, 3.63) is 58.6 Å². The maximum atomic E-state index is 12.7. The van der Waals surface area contributed by atoms with E-state index in [4.69, 9.17) is 16.3 Å². The highest BCUT2D eigenvalue weighted by Gasteiger charge is 2.29. The average molecular weight is 373 g/mol. The molecule has 2 aromatic rings. The Hall–Kier alpha value is -2.53. The van der Waals surface area contributed by atoms with Crippen molar-refractivity contribution in [3.63, 3.8) is 0 Å². The van der Waals surface area contributed by atoms with Crippen LogP contribution in [0.5, 0.6) is 5.75 Å². The number of anilines is 1. The zero-order valence-electron chi connectivity index (χ0n) is 14.8. The lowest BCUT2D eigenvalue weighted by molar-refractivity contribution is -0.138. The highest BCUT2D eigenvalue weighted by molar-refractivity contribution is 6.30. The van der Waals surface area contributed by atoms with Crippen molar-refractivity contribution < 1.29 is 14.3 Å². The number of nitrogens with one attached hydrogen (secondary N) is 1. The number of carbonyl (C=O) groups excluding carboxylic acids is 2. The molecule has 0 fully saturated rings. The van der Waals surface area contributed by atoms with Gasteiger partial charge in [0.1, 0.15) is 12.4 Å². The largest absolute Gasteiger partial charge is 0.492 e. The highest BCUT2D eigenvalue weighted by atomic mass is 35.5. The number of carbonyl (C=O) groups is 2. The summed E-state index contributed by atoms with van der Waals surface area (Å²) in [6.07, 6.45) is 0.554. The van der Waals surface area contributed by atoms with Crippen LogP contribution >= 0.6 is 11.6 Å². The van der Waals surface area contributed by atoms with Crippen molar-refractivity contribution in [2.45, 2.75) is 13.3 Å². The van der Waals surface area contributed by atoms with Crippen molar-refractivity contribution in [1.29, 1.82) is 0 Å². The summed E-state index contributed by atoms with van der Waals surface area (Å²) in [6.45, 7) is 2.28. The van der Waals surface area contributed by atoms with E-state index in [-0.39, 0.29) is 24.3 Å². The van der Waals surface area contributed by atoms with Crippen LogP contribution in [-0.4, -0.2) is 36.9 Å². The third-order valence-electron chi connectivity index (χ3n) is 4.37. The Morgan fingerprint density at radius 1 is 1.23 bits per heavy atom. The van der Waals surface area contributed by atoms with E-state index >= 15 is 0 Å². The molecule has 0 spiro atoms. The normalized spacial score (nSPS) is 15.6. The zero-order valence-corrected chi connectivity index (χ0v) is 15.5. The number of fused-ring (bicyclic) bond motifs is 1. The molecule has 0 saturated carbocycles. The van der Waals surface area contributed by atoms with Gasteiger partial charge in [-0.25, -0.2) is 0 Å². The van der Waals surface area contributed by atoms with Gasteiger partial charge in [-0.2, -0.15) is 0 Å². The first kappa shape index (κ1) is 18.3. The van der Waals surface area contributed by atoms with Crippen LogP contribution in [-0.2, 0) is 16.0 Å². The Kier molecular flexibility index (Phi) is 5.47. The van der Waals surface area contributed by atoms with Crippen LogP contribution in [0.25, 0.3) is 0 Å². The fourth-order valence-corrected chi connectivity index (χ4v) is 3.16. The summed E-state index contributed by atoms with van der Waals surface area (Å²) in [4.78, 5) is 26.3. The number of hydrogen-bond acceptors (Lipinski definition) is 3. The van der Waals surface area contributed by atoms with Crippen molar-refractivity contribution in [1.82, 2.24) is 4.90 Å². The molecule has 6 heteroatoms. The van der Waals surface area contributed by atoms with Crippen LogP contribution in [0, 0.1) is 12.8 Å². The average Bonchev–Trinajstić information content (AvgIpc) is 2.62. The first-order valence-corrected chi connectivity index (χ1v) is 8.83. The van der Waals surface area contributed by atoms with Crippen molar-refractivity contribution in [3.8, 4) is 5.75 Å². The van der Waals surface area contributed by atoms with Crippen molar-refractivity contribution >= 4 is 29.1 Å². The Morgan fingerprint density at radius 3 is 2.69 bits per heavy atom. The predicted molar refractivity (Wildman–Crippen MR) is 102 cm³/mol. The van der Waals surface area contributed by atoms with Gasteiger partial charge < -0.3 is 15.0 Å². The van der Waals surface area contributed by atoms with E-state index in [9.17, 15) is 9.59 Å². The molecule has 26 heavy (non-hydrogen) atoms. The first-order valence-electron chi connectivity index (χ1n) is 8.45.